The SMILES string of the molecule is CCc1noc(C)c1C(=O)NC1CC(c2cc(=O)[nH]c(COC)n2)C1. The van der Waals surface area contributed by atoms with Gasteiger partial charge in [0.05, 0.1) is 11.4 Å². The number of nitrogens with one attached hydrogen (secondary N) is 2. The molecule has 8 heteroatoms. The summed E-state index contributed by atoms with van der Waals surface area (Å²) < 4.78 is 10.1. The fourth-order valence-electron chi connectivity index (χ4n) is 3.13. The first-order valence-corrected chi connectivity index (χ1v) is 8.36. The van der Waals surface area contributed by atoms with Crippen LogP contribution in [-0.4, -0.2) is 34.2 Å². The minimum Gasteiger partial charge on any atom is -0.377 e. The Kier molecular flexibility index (Phi) is 4.98. The average molecular weight is 346 g/mol. The quantitative estimate of drug-likeness (QED) is 0.819. The predicted molar refractivity (Wildman–Crippen MR) is 89.4 cm³/mol. The standard InChI is InChI=1S/C17H22N4O4/c1-4-12-16(9(2)25-21-12)17(23)18-11-5-10(6-11)13-7-15(22)20-14(19-13)8-24-3/h7,10-11H,4-6,8H2,1-3H3,(H,18,23)(H,19,20,22). The number of hydrogen-bond acceptors (Lipinski definition) is 6. The zero-order chi connectivity index (χ0) is 18.0. The molecule has 1 aliphatic carbocycles. The van der Waals surface area contributed by atoms with Crippen LogP contribution >= 0.6 is 0 Å². The highest BCUT2D eigenvalue weighted by atomic mass is 16.5. The van der Waals surface area contributed by atoms with E-state index in [2.05, 4.69) is 20.4 Å². The summed E-state index contributed by atoms with van der Waals surface area (Å²) in [5.41, 5.74) is 1.77. The van der Waals surface area contributed by atoms with Gasteiger partial charge in [0.15, 0.2) is 0 Å². The number of ether oxygens (including phenoxy) is 1. The Morgan fingerprint density at radius 1 is 1.48 bits per heavy atom. The first-order chi connectivity index (χ1) is 12.0. The van der Waals surface area contributed by atoms with E-state index in [0.717, 1.165) is 18.5 Å². The highest BCUT2D eigenvalue weighted by Gasteiger charge is 2.34. The van der Waals surface area contributed by atoms with Gasteiger partial charge >= 0.3 is 0 Å². The van der Waals surface area contributed by atoms with Crippen molar-refractivity contribution in [2.24, 2.45) is 0 Å². The second kappa shape index (κ2) is 7.18. The summed E-state index contributed by atoms with van der Waals surface area (Å²) in [5, 5.41) is 6.92. The van der Waals surface area contributed by atoms with Gasteiger partial charge in [-0.15, -0.1) is 0 Å². The summed E-state index contributed by atoms with van der Waals surface area (Å²) >= 11 is 0. The Labute approximate surface area is 145 Å². The zero-order valence-electron chi connectivity index (χ0n) is 14.6. The minimum atomic E-state index is -0.183. The summed E-state index contributed by atoms with van der Waals surface area (Å²) in [6.07, 6.45) is 2.15. The third-order valence-electron chi connectivity index (χ3n) is 4.48. The predicted octanol–water partition coefficient (Wildman–Crippen LogP) is 1.45. The molecule has 1 saturated carbocycles. The molecule has 25 heavy (non-hydrogen) atoms. The van der Waals surface area contributed by atoms with E-state index in [1.165, 1.54) is 6.07 Å². The van der Waals surface area contributed by atoms with E-state index in [0.29, 0.717) is 29.3 Å². The molecule has 1 amide bonds. The van der Waals surface area contributed by atoms with Crippen molar-refractivity contribution in [2.75, 3.05) is 7.11 Å². The molecule has 2 N–H and O–H groups in total. The van der Waals surface area contributed by atoms with Crippen LogP contribution in [0.1, 0.15) is 59.0 Å². The molecule has 2 aromatic heterocycles. The number of aromatic nitrogens is 3. The van der Waals surface area contributed by atoms with Crippen molar-refractivity contribution in [3.05, 3.63) is 45.0 Å². The molecule has 0 saturated heterocycles. The van der Waals surface area contributed by atoms with Crippen molar-refractivity contribution in [1.82, 2.24) is 20.4 Å². The maximum Gasteiger partial charge on any atom is 0.257 e. The number of hydrogen-bond donors (Lipinski definition) is 2. The summed E-state index contributed by atoms with van der Waals surface area (Å²) in [6, 6.07) is 1.57. The van der Waals surface area contributed by atoms with Crippen molar-refractivity contribution in [3.8, 4) is 0 Å². The molecule has 0 atom stereocenters. The number of aromatic amines is 1. The van der Waals surface area contributed by atoms with Crippen LogP contribution in [0.25, 0.3) is 0 Å². The van der Waals surface area contributed by atoms with E-state index >= 15 is 0 Å². The van der Waals surface area contributed by atoms with Crippen LogP contribution in [0.5, 0.6) is 0 Å². The molecule has 0 unspecified atom stereocenters. The lowest BCUT2D eigenvalue weighted by Gasteiger charge is -2.35. The lowest BCUT2D eigenvalue weighted by atomic mass is 9.78. The Balaban J connectivity index is 1.62. The van der Waals surface area contributed by atoms with Gasteiger partial charge in [0.2, 0.25) is 0 Å². The van der Waals surface area contributed by atoms with Crippen LogP contribution in [0, 0.1) is 6.92 Å². The van der Waals surface area contributed by atoms with E-state index in [4.69, 9.17) is 9.26 Å². The van der Waals surface area contributed by atoms with Crippen molar-refractivity contribution in [1.29, 1.82) is 0 Å². The molecule has 0 spiro atoms. The van der Waals surface area contributed by atoms with E-state index in [9.17, 15) is 9.59 Å². The molecule has 2 aromatic rings. The van der Waals surface area contributed by atoms with Crippen LogP contribution in [0.2, 0.25) is 0 Å². The molecule has 0 aliphatic heterocycles. The number of carbonyl (C=O) groups is 1. The van der Waals surface area contributed by atoms with E-state index < -0.39 is 0 Å². The van der Waals surface area contributed by atoms with Gasteiger partial charge < -0.3 is 19.6 Å². The maximum absolute atomic E-state index is 12.4. The summed E-state index contributed by atoms with van der Waals surface area (Å²) in [5.74, 6) is 1.06. The van der Waals surface area contributed by atoms with Crippen LogP contribution < -0.4 is 10.9 Å². The Hall–Kier alpha value is -2.48. The fraction of sp³-hybridized carbons (Fsp3) is 0.529. The van der Waals surface area contributed by atoms with Crippen molar-refractivity contribution in [2.45, 2.75) is 51.7 Å². The van der Waals surface area contributed by atoms with Gasteiger partial charge in [-0.25, -0.2) is 4.98 Å². The van der Waals surface area contributed by atoms with Crippen LogP contribution in [0.15, 0.2) is 15.4 Å². The Bertz CT molecular complexity index is 820. The number of H-pyrrole nitrogens is 1. The molecule has 3 rings (SSSR count). The normalized spacial score (nSPS) is 19.5. The van der Waals surface area contributed by atoms with Crippen molar-refractivity contribution >= 4 is 5.91 Å². The van der Waals surface area contributed by atoms with Gasteiger partial charge in [-0.2, -0.15) is 0 Å². The van der Waals surface area contributed by atoms with Crippen molar-refractivity contribution < 1.29 is 14.1 Å². The maximum atomic E-state index is 12.4. The van der Waals surface area contributed by atoms with E-state index in [1.807, 2.05) is 6.92 Å². The summed E-state index contributed by atoms with van der Waals surface area (Å²) in [6.45, 7) is 3.94. The topological polar surface area (TPSA) is 110 Å². The number of rotatable bonds is 6. The van der Waals surface area contributed by atoms with Gasteiger partial charge in [0, 0.05) is 25.1 Å². The van der Waals surface area contributed by atoms with Crippen molar-refractivity contribution in [3.63, 3.8) is 0 Å². The Morgan fingerprint density at radius 3 is 2.92 bits per heavy atom. The molecular weight excluding hydrogens is 324 g/mol. The Morgan fingerprint density at radius 2 is 2.24 bits per heavy atom. The lowest BCUT2D eigenvalue weighted by Crippen LogP contribution is -2.44. The number of amides is 1. The molecule has 1 fully saturated rings. The average Bonchev–Trinajstić information content (AvgIpc) is 2.91. The van der Waals surface area contributed by atoms with Crippen LogP contribution in [-0.2, 0) is 17.8 Å². The number of aryl methyl sites for hydroxylation is 2. The van der Waals surface area contributed by atoms with Crippen LogP contribution in [0.3, 0.4) is 0 Å². The van der Waals surface area contributed by atoms with Gasteiger partial charge in [0.25, 0.3) is 11.5 Å². The number of nitrogens with zero attached hydrogens (tertiary/aromatic N) is 2. The smallest absolute Gasteiger partial charge is 0.257 e. The van der Waals surface area contributed by atoms with Gasteiger partial charge in [-0.3, -0.25) is 9.59 Å². The minimum absolute atomic E-state index is 0.0588. The second-order valence-electron chi connectivity index (χ2n) is 6.30. The van der Waals surface area contributed by atoms with Gasteiger partial charge in [-0.1, -0.05) is 12.1 Å². The number of methoxy groups -OCH3 is 1. The van der Waals surface area contributed by atoms with E-state index in [-0.39, 0.29) is 30.0 Å². The lowest BCUT2D eigenvalue weighted by molar-refractivity contribution is 0.0905. The van der Waals surface area contributed by atoms with E-state index in [1.54, 1.807) is 14.0 Å². The third kappa shape index (κ3) is 3.63. The second-order valence-corrected chi connectivity index (χ2v) is 6.30. The molecule has 8 nitrogen and oxygen atoms in total. The number of carbonyl (C=O) groups excluding carboxylic acids is 1. The molecule has 0 aromatic carbocycles. The van der Waals surface area contributed by atoms with Gasteiger partial charge in [0.1, 0.15) is 23.8 Å². The highest BCUT2D eigenvalue weighted by Crippen LogP contribution is 2.35. The fourth-order valence-corrected chi connectivity index (χ4v) is 3.13. The van der Waals surface area contributed by atoms with Gasteiger partial charge in [-0.05, 0) is 26.2 Å². The summed E-state index contributed by atoms with van der Waals surface area (Å²) in [7, 11) is 1.55. The first-order valence-electron chi connectivity index (χ1n) is 8.36. The van der Waals surface area contributed by atoms with Crippen LogP contribution in [0.4, 0.5) is 0 Å². The zero-order valence-corrected chi connectivity index (χ0v) is 14.6. The summed E-state index contributed by atoms with van der Waals surface area (Å²) in [4.78, 5) is 31.2. The highest BCUT2D eigenvalue weighted by molar-refractivity contribution is 5.96. The first kappa shape index (κ1) is 17.3. The molecule has 2 heterocycles. The molecule has 134 valence electrons. The molecule has 0 radical (unpaired) electrons. The molecule has 0 bridgehead atoms. The third-order valence-corrected chi connectivity index (χ3v) is 4.48. The largest absolute Gasteiger partial charge is 0.377 e. The molecular formula is C17H22N4O4. The monoisotopic (exact) mass is 346 g/mol. The molecule has 1 aliphatic rings.